The lowest BCUT2D eigenvalue weighted by atomic mass is 10.0. The van der Waals surface area contributed by atoms with Gasteiger partial charge in [-0.3, -0.25) is 4.79 Å². The molecule has 0 bridgehead atoms. The number of hydrogen-bond donors (Lipinski definition) is 1. The summed E-state index contributed by atoms with van der Waals surface area (Å²) >= 11 is 6.23. The molecular weight excluding hydrogens is 438 g/mol. The van der Waals surface area contributed by atoms with Crippen molar-refractivity contribution in [2.24, 2.45) is 13.0 Å². The topological polar surface area (TPSA) is 69.3 Å². The normalized spacial score (nSPS) is 11.5. The third-order valence-electron chi connectivity index (χ3n) is 5.58. The fourth-order valence-corrected chi connectivity index (χ4v) is 4.28. The van der Waals surface area contributed by atoms with E-state index in [1.165, 1.54) is 4.68 Å². The summed E-state index contributed by atoms with van der Waals surface area (Å²) < 4.78 is 9.40. The predicted molar refractivity (Wildman–Crippen MR) is 132 cm³/mol. The van der Waals surface area contributed by atoms with Crippen LogP contribution < -0.4 is 10.3 Å². The first-order chi connectivity index (χ1) is 15.9. The molecule has 172 valence electrons. The van der Waals surface area contributed by atoms with Gasteiger partial charge >= 0.3 is 0 Å². The highest BCUT2D eigenvalue weighted by atomic mass is 35.5. The molecule has 4 rings (SSSR count). The van der Waals surface area contributed by atoms with Gasteiger partial charge in [0.2, 0.25) is 0 Å². The van der Waals surface area contributed by atoms with E-state index in [1.54, 1.807) is 13.1 Å². The average Bonchev–Trinajstić information content (AvgIpc) is 3.18. The van der Waals surface area contributed by atoms with Crippen LogP contribution in [-0.4, -0.2) is 26.1 Å². The summed E-state index contributed by atoms with van der Waals surface area (Å²) in [5.41, 5.74) is 3.21. The summed E-state index contributed by atoms with van der Waals surface area (Å²) in [6, 6.07) is 15.0. The van der Waals surface area contributed by atoms with E-state index in [2.05, 4.69) is 18.9 Å². The molecule has 7 heteroatoms. The molecule has 0 aliphatic carbocycles. The molecule has 0 atom stereocenters. The van der Waals surface area contributed by atoms with Gasteiger partial charge in [0.15, 0.2) is 0 Å². The number of halogens is 1. The number of benzene rings is 2. The van der Waals surface area contributed by atoms with E-state index in [-0.39, 0.29) is 12.2 Å². The highest BCUT2D eigenvalue weighted by molar-refractivity contribution is 6.32. The Hall–Kier alpha value is -3.09. The maximum atomic E-state index is 13.3. The van der Waals surface area contributed by atoms with Crippen LogP contribution >= 0.6 is 11.6 Å². The number of hydrogen-bond acceptors (Lipinski definition) is 4. The molecule has 33 heavy (non-hydrogen) atoms. The number of aryl methyl sites for hydroxylation is 1. The van der Waals surface area contributed by atoms with Gasteiger partial charge in [-0.2, -0.15) is 5.10 Å². The first-order valence-corrected chi connectivity index (χ1v) is 11.4. The molecule has 0 aliphatic rings. The summed E-state index contributed by atoms with van der Waals surface area (Å²) in [5.74, 6) is 1.02. The molecule has 0 saturated heterocycles. The molecule has 2 aromatic carbocycles. The molecule has 4 aromatic rings. The van der Waals surface area contributed by atoms with Crippen molar-refractivity contribution in [3.8, 4) is 17.0 Å². The average molecular weight is 466 g/mol. The van der Waals surface area contributed by atoms with E-state index in [9.17, 15) is 9.90 Å². The second-order valence-corrected chi connectivity index (χ2v) is 8.98. The van der Waals surface area contributed by atoms with Crippen molar-refractivity contribution in [3.05, 3.63) is 81.4 Å². The number of nitrogens with zero attached hydrogens (tertiary/aromatic N) is 3. The van der Waals surface area contributed by atoms with Crippen LogP contribution in [0.5, 0.6) is 5.75 Å². The third-order valence-corrected chi connectivity index (χ3v) is 5.89. The van der Waals surface area contributed by atoms with Gasteiger partial charge in [-0.1, -0.05) is 55.8 Å². The Kier molecular flexibility index (Phi) is 6.86. The summed E-state index contributed by atoms with van der Waals surface area (Å²) in [4.78, 5) is 13.3. The van der Waals surface area contributed by atoms with Gasteiger partial charge in [-0.25, -0.2) is 4.68 Å². The monoisotopic (exact) mass is 465 g/mol. The van der Waals surface area contributed by atoms with Gasteiger partial charge in [0.25, 0.3) is 5.56 Å². The fraction of sp³-hybridized carbons (Fsp3) is 0.308. The lowest BCUT2D eigenvalue weighted by Gasteiger charge is -2.13. The van der Waals surface area contributed by atoms with Crippen molar-refractivity contribution in [3.63, 3.8) is 0 Å². The van der Waals surface area contributed by atoms with E-state index < -0.39 is 0 Å². The second-order valence-electron chi connectivity index (χ2n) is 8.57. The van der Waals surface area contributed by atoms with E-state index in [0.29, 0.717) is 35.2 Å². The molecule has 2 heterocycles. The van der Waals surface area contributed by atoms with Crippen molar-refractivity contribution in [1.29, 1.82) is 0 Å². The minimum Gasteiger partial charge on any atom is -0.490 e. The SMILES string of the molecule is CC(C)Cc1nn(C)c(=O)c2c(-c3cccc(CO)c3)n(CCOc3ccccc3Cl)cc12. The van der Waals surface area contributed by atoms with E-state index >= 15 is 0 Å². The Balaban J connectivity index is 1.84. The van der Waals surface area contributed by atoms with Crippen molar-refractivity contribution >= 4 is 22.4 Å². The first-order valence-electron chi connectivity index (χ1n) is 11.1. The van der Waals surface area contributed by atoms with Crippen molar-refractivity contribution in [2.75, 3.05) is 6.61 Å². The van der Waals surface area contributed by atoms with Crippen LogP contribution in [0.4, 0.5) is 0 Å². The van der Waals surface area contributed by atoms with E-state index in [0.717, 1.165) is 34.3 Å². The van der Waals surface area contributed by atoms with E-state index in [1.807, 2.05) is 53.2 Å². The van der Waals surface area contributed by atoms with Crippen LogP contribution in [-0.2, 0) is 26.6 Å². The zero-order valence-electron chi connectivity index (χ0n) is 19.1. The standard InChI is InChI=1S/C26H28ClN3O3/c1-17(2)13-22-20-15-30(11-12-33-23-10-5-4-9-21(23)27)25(24(20)26(32)29(3)28-22)19-8-6-7-18(14-19)16-31/h4-10,14-15,17,31H,11-13,16H2,1-3H3. The smallest absolute Gasteiger partial charge is 0.276 e. The van der Waals surface area contributed by atoms with Crippen LogP contribution in [0.15, 0.2) is 59.5 Å². The zero-order chi connectivity index (χ0) is 23.5. The second kappa shape index (κ2) is 9.81. The molecule has 0 spiro atoms. The number of aliphatic hydroxyl groups excluding tert-OH is 1. The summed E-state index contributed by atoms with van der Waals surface area (Å²) in [6.07, 6.45) is 2.76. The Morgan fingerprint density at radius 2 is 1.94 bits per heavy atom. The number of aliphatic hydroxyl groups is 1. The van der Waals surface area contributed by atoms with Crippen LogP contribution in [0, 0.1) is 5.92 Å². The van der Waals surface area contributed by atoms with Crippen molar-refractivity contribution in [1.82, 2.24) is 14.3 Å². The van der Waals surface area contributed by atoms with Crippen molar-refractivity contribution in [2.45, 2.75) is 33.4 Å². The molecule has 0 saturated carbocycles. The molecule has 0 aliphatic heterocycles. The van der Waals surface area contributed by atoms with Crippen LogP contribution in [0.2, 0.25) is 5.02 Å². The van der Waals surface area contributed by atoms with Gasteiger partial charge < -0.3 is 14.4 Å². The number of ether oxygens (including phenoxy) is 1. The highest BCUT2D eigenvalue weighted by Gasteiger charge is 2.20. The molecule has 6 nitrogen and oxygen atoms in total. The number of aromatic nitrogens is 3. The van der Waals surface area contributed by atoms with Gasteiger partial charge in [0.1, 0.15) is 12.4 Å². The van der Waals surface area contributed by atoms with E-state index in [4.69, 9.17) is 16.3 Å². The van der Waals surface area contributed by atoms with Gasteiger partial charge in [0, 0.05) is 18.6 Å². The number of rotatable bonds is 8. The quantitative estimate of drug-likeness (QED) is 0.405. The Bertz CT molecular complexity index is 1340. The molecule has 2 aromatic heterocycles. The van der Waals surface area contributed by atoms with Gasteiger partial charge in [-0.05, 0) is 41.7 Å². The molecule has 0 unspecified atom stereocenters. The molecule has 0 fully saturated rings. The first kappa shape index (κ1) is 23.1. The summed E-state index contributed by atoms with van der Waals surface area (Å²) in [6.45, 7) is 5.10. The molecule has 0 amide bonds. The van der Waals surface area contributed by atoms with Crippen LogP contribution in [0.1, 0.15) is 25.1 Å². The Morgan fingerprint density at radius 3 is 2.67 bits per heavy atom. The maximum absolute atomic E-state index is 13.3. The lowest BCUT2D eigenvalue weighted by molar-refractivity contribution is 0.282. The number of para-hydroxylation sites is 1. The molecular formula is C26H28ClN3O3. The van der Waals surface area contributed by atoms with Gasteiger partial charge in [-0.15, -0.1) is 0 Å². The Morgan fingerprint density at radius 1 is 1.15 bits per heavy atom. The summed E-state index contributed by atoms with van der Waals surface area (Å²) in [7, 11) is 1.69. The fourth-order valence-electron chi connectivity index (χ4n) is 4.09. The van der Waals surface area contributed by atoms with Crippen LogP contribution in [0.25, 0.3) is 22.0 Å². The Labute approximate surface area is 198 Å². The minimum absolute atomic E-state index is 0.0692. The highest BCUT2D eigenvalue weighted by Crippen LogP contribution is 2.31. The summed E-state index contributed by atoms with van der Waals surface area (Å²) in [5, 5.41) is 16.3. The van der Waals surface area contributed by atoms with Gasteiger partial charge in [0.05, 0.1) is 34.9 Å². The lowest BCUT2D eigenvalue weighted by Crippen LogP contribution is -2.22. The molecule has 1 N–H and O–H groups in total. The third kappa shape index (κ3) is 4.82. The maximum Gasteiger partial charge on any atom is 0.276 e. The largest absolute Gasteiger partial charge is 0.490 e. The number of fused-ring (bicyclic) bond motifs is 1. The minimum atomic E-state index is -0.146. The molecule has 0 radical (unpaired) electrons. The van der Waals surface area contributed by atoms with Crippen molar-refractivity contribution < 1.29 is 9.84 Å². The predicted octanol–water partition coefficient (Wildman–Crippen LogP) is 4.83. The zero-order valence-corrected chi connectivity index (χ0v) is 19.8. The van der Waals surface area contributed by atoms with Crippen LogP contribution in [0.3, 0.4) is 0 Å².